The molecule has 132 valence electrons. The van der Waals surface area contributed by atoms with Crippen LogP contribution in [0, 0.1) is 6.92 Å². The van der Waals surface area contributed by atoms with Crippen LogP contribution in [-0.4, -0.2) is 39.1 Å². The molecule has 4 nitrogen and oxygen atoms in total. The lowest BCUT2D eigenvalue weighted by Crippen LogP contribution is -2.37. The molecule has 0 saturated carbocycles. The molecule has 2 aromatic heterocycles. The fourth-order valence-electron chi connectivity index (χ4n) is 2.66. The standard InChI is InChI=1S/C18H27N3OS2/c1-6-9-21(10-7-2)18(22)12(4)23-16-15-11-14(8-3)24-17(15)20-13(5)19-16/h11-12H,6-10H2,1-5H3. The molecule has 1 atom stereocenters. The van der Waals surface area contributed by atoms with Gasteiger partial charge in [-0.25, -0.2) is 9.97 Å². The topological polar surface area (TPSA) is 46.1 Å². The zero-order valence-corrected chi connectivity index (χ0v) is 16.9. The van der Waals surface area contributed by atoms with Gasteiger partial charge in [0.25, 0.3) is 0 Å². The smallest absolute Gasteiger partial charge is 0.235 e. The third kappa shape index (κ3) is 4.48. The van der Waals surface area contributed by atoms with Gasteiger partial charge in [-0.15, -0.1) is 11.3 Å². The van der Waals surface area contributed by atoms with Gasteiger partial charge in [0.2, 0.25) is 5.91 Å². The second kappa shape index (κ2) is 8.81. The van der Waals surface area contributed by atoms with Crippen molar-refractivity contribution < 1.29 is 4.79 Å². The fraction of sp³-hybridized carbons (Fsp3) is 0.611. The molecule has 2 rings (SSSR count). The molecule has 0 saturated heterocycles. The number of rotatable bonds is 8. The molecule has 0 aliphatic heterocycles. The van der Waals surface area contributed by atoms with E-state index >= 15 is 0 Å². The number of carbonyl (C=O) groups is 1. The number of thioether (sulfide) groups is 1. The van der Waals surface area contributed by atoms with Crippen molar-refractivity contribution in [2.75, 3.05) is 13.1 Å². The highest BCUT2D eigenvalue weighted by molar-refractivity contribution is 8.00. The molecule has 0 aliphatic rings. The summed E-state index contributed by atoms with van der Waals surface area (Å²) in [5.41, 5.74) is 0. The molecule has 2 aromatic rings. The molecule has 0 aromatic carbocycles. The van der Waals surface area contributed by atoms with Gasteiger partial charge in [-0.3, -0.25) is 4.79 Å². The van der Waals surface area contributed by atoms with Crippen LogP contribution in [0.25, 0.3) is 10.2 Å². The summed E-state index contributed by atoms with van der Waals surface area (Å²) < 4.78 is 0. The van der Waals surface area contributed by atoms with Crippen LogP contribution in [0.5, 0.6) is 0 Å². The first-order chi connectivity index (χ1) is 11.5. The number of aryl methyl sites for hydroxylation is 2. The molecular weight excluding hydrogens is 338 g/mol. The van der Waals surface area contributed by atoms with E-state index in [2.05, 4.69) is 36.8 Å². The van der Waals surface area contributed by atoms with Gasteiger partial charge in [-0.05, 0) is 39.2 Å². The van der Waals surface area contributed by atoms with Crippen molar-refractivity contribution in [2.24, 2.45) is 0 Å². The van der Waals surface area contributed by atoms with Gasteiger partial charge < -0.3 is 4.90 Å². The Morgan fingerprint density at radius 3 is 2.50 bits per heavy atom. The molecule has 0 fully saturated rings. The van der Waals surface area contributed by atoms with Crippen LogP contribution in [0.2, 0.25) is 0 Å². The SMILES string of the molecule is CCCN(CCC)C(=O)C(C)Sc1nc(C)nc2sc(CC)cc12. The number of carbonyl (C=O) groups excluding carboxylic acids is 1. The number of nitrogens with zero attached hydrogens (tertiary/aromatic N) is 3. The predicted octanol–water partition coefficient (Wildman–Crippen LogP) is 4.69. The summed E-state index contributed by atoms with van der Waals surface area (Å²) in [5, 5.41) is 1.89. The summed E-state index contributed by atoms with van der Waals surface area (Å²) in [7, 11) is 0. The van der Waals surface area contributed by atoms with E-state index < -0.39 is 0 Å². The maximum Gasteiger partial charge on any atom is 0.235 e. The van der Waals surface area contributed by atoms with E-state index in [1.165, 1.54) is 4.88 Å². The van der Waals surface area contributed by atoms with Crippen molar-refractivity contribution in [2.45, 2.75) is 64.2 Å². The zero-order chi connectivity index (χ0) is 17.7. The number of hydrogen-bond donors (Lipinski definition) is 0. The summed E-state index contributed by atoms with van der Waals surface area (Å²) >= 11 is 3.29. The van der Waals surface area contributed by atoms with Gasteiger partial charge in [0.05, 0.1) is 5.25 Å². The lowest BCUT2D eigenvalue weighted by atomic mass is 10.3. The normalized spacial score (nSPS) is 12.5. The number of thiophene rings is 1. The molecule has 6 heteroatoms. The molecule has 0 spiro atoms. The number of hydrogen-bond acceptors (Lipinski definition) is 5. The van der Waals surface area contributed by atoms with Crippen LogP contribution in [0.15, 0.2) is 11.1 Å². The summed E-state index contributed by atoms with van der Waals surface area (Å²) in [6.45, 7) is 11.9. The van der Waals surface area contributed by atoms with Gasteiger partial charge in [-0.2, -0.15) is 0 Å². The van der Waals surface area contributed by atoms with Crippen molar-refractivity contribution in [1.82, 2.24) is 14.9 Å². The Kier molecular flexibility index (Phi) is 7.04. The first kappa shape index (κ1) is 19.2. The highest BCUT2D eigenvalue weighted by Crippen LogP contribution is 2.34. The third-order valence-electron chi connectivity index (χ3n) is 3.80. The molecule has 1 amide bonds. The first-order valence-corrected chi connectivity index (χ1v) is 10.4. The van der Waals surface area contributed by atoms with Gasteiger partial charge in [0.15, 0.2) is 0 Å². The Balaban J connectivity index is 2.24. The largest absolute Gasteiger partial charge is 0.342 e. The Morgan fingerprint density at radius 1 is 1.25 bits per heavy atom. The summed E-state index contributed by atoms with van der Waals surface area (Å²) in [6, 6.07) is 2.18. The van der Waals surface area contributed by atoms with E-state index in [4.69, 9.17) is 0 Å². The maximum atomic E-state index is 12.8. The van der Waals surface area contributed by atoms with E-state index in [1.807, 2.05) is 18.7 Å². The lowest BCUT2D eigenvalue weighted by molar-refractivity contribution is -0.130. The quantitative estimate of drug-likeness (QED) is 0.503. The van der Waals surface area contributed by atoms with Crippen LogP contribution >= 0.6 is 23.1 Å². The van der Waals surface area contributed by atoms with E-state index in [9.17, 15) is 4.79 Å². The number of aromatic nitrogens is 2. The minimum Gasteiger partial charge on any atom is -0.342 e. The third-order valence-corrected chi connectivity index (χ3v) is 6.07. The van der Waals surface area contributed by atoms with Crippen molar-refractivity contribution in [3.8, 4) is 0 Å². The van der Waals surface area contributed by atoms with Crippen LogP contribution in [0.3, 0.4) is 0 Å². The van der Waals surface area contributed by atoms with Crippen LogP contribution < -0.4 is 0 Å². The fourth-order valence-corrected chi connectivity index (χ4v) is 4.79. The second-order valence-corrected chi connectivity index (χ2v) is 8.39. The van der Waals surface area contributed by atoms with Crippen molar-refractivity contribution >= 4 is 39.2 Å². The van der Waals surface area contributed by atoms with Crippen LogP contribution in [-0.2, 0) is 11.2 Å². The molecule has 0 N–H and O–H groups in total. The highest BCUT2D eigenvalue weighted by atomic mass is 32.2. The highest BCUT2D eigenvalue weighted by Gasteiger charge is 2.22. The maximum absolute atomic E-state index is 12.8. The average Bonchev–Trinajstić information content (AvgIpc) is 2.97. The van der Waals surface area contributed by atoms with Gasteiger partial charge in [0, 0.05) is 23.4 Å². The predicted molar refractivity (Wildman–Crippen MR) is 104 cm³/mol. The molecular formula is C18H27N3OS2. The molecule has 0 bridgehead atoms. The van der Waals surface area contributed by atoms with E-state index in [1.54, 1.807) is 23.1 Å². The van der Waals surface area contributed by atoms with Gasteiger partial charge in [-0.1, -0.05) is 32.5 Å². The lowest BCUT2D eigenvalue weighted by Gasteiger charge is -2.24. The Hall–Kier alpha value is -1.14. The van der Waals surface area contributed by atoms with E-state index in [-0.39, 0.29) is 11.2 Å². The van der Waals surface area contributed by atoms with E-state index in [0.29, 0.717) is 0 Å². The van der Waals surface area contributed by atoms with Crippen LogP contribution in [0.4, 0.5) is 0 Å². The number of fused-ring (bicyclic) bond motifs is 1. The Morgan fingerprint density at radius 2 is 1.92 bits per heavy atom. The molecule has 24 heavy (non-hydrogen) atoms. The van der Waals surface area contributed by atoms with Crippen molar-refractivity contribution in [1.29, 1.82) is 0 Å². The first-order valence-electron chi connectivity index (χ1n) is 8.72. The monoisotopic (exact) mass is 365 g/mol. The Bertz CT molecular complexity index is 693. The van der Waals surface area contributed by atoms with E-state index in [0.717, 1.165) is 53.4 Å². The van der Waals surface area contributed by atoms with Gasteiger partial charge >= 0.3 is 0 Å². The van der Waals surface area contributed by atoms with Crippen molar-refractivity contribution in [3.63, 3.8) is 0 Å². The average molecular weight is 366 g/mol. The minimum absolute atomic E-state index is 0.134. The van der Waals surface area contributed by atoms with Gasteiger partial charge in [0.1, 0.15) is 15.7 Å². The number of amides is 1. The Labute approximate surface area is 153 Å². The van der Waals surface area contributed by atoms with Crippen LogP contribution in [0.1, 0.15) is 51.2 Å². The minimum atomic E-state index is -0.134. The zero-order valence-electron chi connectivity index (χ0n) is 15.3. The molecule has 0 aliphatic carbocycles. The summed E-state index contributed by atoms with van der Waals surface area (Å²) in [5.74, 6) is 0.979. The van der Waals surface area contributed by atoms with Crippen molar-refractivity contribution in [3.05, 3.63) is 16.8 Å². The molecule has 1 unspecified atom stereocenters. The second-order valence-electron chi connectivity index (χ2n) is 5.95. The summed E-state index contributed by atoms with van der Waals surface area (Å²) in [6.07, 6.45) is 2.98. The molecule has 0 radical (unpaired) electrons. The summed E-state index contributed by atoms with van der Waals surface area (Å²) in [4.78, 5) is 26.3. The molecule has 2 heterocycles.